The summed E-state index contributed by atoms with van der Waals surface area (Å²) in [5, 5.41) is 20.0. The molecule has 1 saturated carbocycles. The van der Waals surface area contributed by atoms with Gasteiger partial charge in [-0.2, -0.15) is 9.97 Å². The minimum Gasteiger partial charge on any atom is -0.508 e. The van der Waals surface area contributed by atoms with E-state index >= 15 is 4.39 Å². The summed E-state index contributed by atoms with van der Waals surface area (Å²) >= 11 is 0. The molecule has 248 valence electrons. The molecule has 2 atom stereocenters. The lowest BCUT2D eigenvalue weighted by atomic mass is 9.77. The van der Waals surface area contributed by atoms with Crippen LogP contribution in [0.2, 0.25) is 0 Å². The summed E-state index contributed by atoms with van der Waals surface area (Å²) in [6.45, 7) is 7.77. The van der Waals surface area contributed by atoms with Gasteiger partial charge in [0.05, 0.1) is 6.61 Å². The first-order valence-corrected chi connectivity index (χ1v) is 17.7. The number of anilines is 1. The first-order valence-electron chi connectivity index (χ1n) is 17.7. The molecule has 1 aliphatic carbocycles. The van der Waals surface area contributed by atoms with E-state index in [1.54, 1.807) is 18.2 Å². The standard InChI is InChI=1S/C39H43FN6O2/c1-2-25-4-3-5-26-18-29(47)19-32(33(25)26)30-8-9-31-35(34(30)40)43-37(44-36(31)46-20-27-6-7-28(21-46)42-27)48-24-39(10-11-39)23-45-16-13-38(14-17-45)12-15-41-22-38/h1,3-5,8-9,18-19,27-28,41-42,47H,6-7,10-17,20-24H2. The minimum absolute atomic E-state index is 0.0494. The molecular formula is C39H43FN6O2. The Kier molecular flexibility index (Phi) is 7.26. The van der Waals surface area contributed by atoms with Crippen molar-refractivity contribution in [2.45, 2.75) is 57.0 Å². The van der Waals surface area contributed by atoms with Crippen molar-refractivity contribution >= 4 is 27.5 Å². The molecule has 4 aliphatic heterocycles. The largest absolute Gasteiger partial charge is 0.508 e. The lowest BCUT2D eigenvalue weighted by molar-refractivity contribution is 0.0854. The molecule has 4 aromatic rings. The fourth-order valence-electron chi connectivity index (χ4n) is 8.98. The number of nitrogens with zero attached hydrogens (tertiary/aromatic N) is 4. The van der Waals surface area contributed by atoms with Crippen molar-refractivity contribution in [1.29, 1.82) is 0 Å². The van der Waals surface area contributed by atoms with Crippen LogP contribution in [0.5, 0.6) is 11.8 Å². The predicted molar refractivity (Wildman–Crippen MR) is 187 cm³/mol. The molecular weight excluding hydrogens is 603 g/mol. The van der Waals surface area contributed by atoms with Crippen LogP contribution < -0.4 is 20.3 Å². The van der Waals surface area contributed by atoms with Crippen LogP contribution in [0.3, 0.4) is 0 Å². The third kappa shape index (κ3) is 5.35. The van der Waals surface area contributed by atoms with Gasteiger partial charge in [-0.1, -0.05) is 24.1 Å². The molecule has 3 N–H and O–H groups in total. The second-order valence-electron chi connectivity index (χ2n) is 15.2. The molecule has 3 aromatic carbocycles. The number of piperazine rings is 1. The van der Waals surface area contributed by atoms with Crippen molar-refractivity contribution in [2.24, 2.45) is 10.8 Å². The van der Waals surface area contributed by atoms with Gasteiger partial charge in [0.2, 0.25) is 0 Å². The van der Waals surface area contributed by atoms with Gasteiger partial charge in [0.25, 0.3) is 0 Å². The van der Waals surface area contributed by atoms with E-state index in [4.69, 9.17) is 21.1 Å². The van der Waals surface area contributed by atoms with Gasteiger partial charge in [-0.3, -0.25) is 0 Å². The fourth-order valence-corrected chi connectivity index (χ4v) is 8.98. The summed E-state index contributed by atoms with van der Waals surface area (Å²) in [6, 6.07) is 13.5. The highest BCUT2D eigenvalue weighted by Crippen LogP contribution is 2.48. The zero-order valence-corrected chi connectivity index (χ0v) is 27.4. The smallest absolute Gasteiger partial charge is 0.319 e. The fraction of sp³-hybridized carbons (Fsp3) is 0.487. The number of fused-ring (bicyclic) bond motifs is 4. The molecule has 5 fully saturated rings. The lowest BCUT2D eigenvalue weighted by Gasteiger charge is -2.40. The lowest BCUT2D eigenvalue weighted by Crippen LogP contribution is -2.51. The molecule has 9 rings (SSSR count). The second-order valence-corrected chi connectivity index (χ2v) is 15.2. The summed E-state index contributed by atoms with van der Waals surface area (Å²) in [5.74, 6) is 3.04. The summed E-state index contributed by atoms with van der Waals surface area (Å²) in [7, 11) is 0. The van der Waals surface area contributed by atoms with Crippen LogP contribution >= 0.6 is 0 Å². The maximum absolute atomic E-state index is 16.9. The number of aromatic hydroxyl groups is 1. The number of phenols is 1. The van der Waals surface area contributed by atoms with Crippen LogP contribution in [-0.2, 0) is 0 Å². The van der Waals surface area contributed by atoms with Crippen molar-refractivity contribution in [3.05, 3.63) is 53.8 Å². The molecule has 1 spiro atoms. The van der Waals surface area contributed by atoms with Crippen molar-refractivity contribution in [2.75, 3.05) is 57.3 Å². The Morgan fingerprint density at radius 2 is 1.81 bits per heavy atom. The van der Waals surface area contributed by atoms with Crippen LogP contribution in [0.25, 0.3) is 32.8 Å². The first-order chi connectivity index (χ1) is 23.4. The van der Waals surface area contributed by atoms with E-state index in [0.717, 1.165) is 88.1 Å². The number of rotatable bonds is 7. The van der Waals surface area contributed by atoms with Gasteiger partial charge in [-0.15, -0.1) is 6.42 Å². The number of terminal acetylenes is 1. The van der Waals surface area contributed by atoms with E-state index in [0.29, 0.717) is 46.2 Å². The zero-order chi connectivity index (χ0) is 32.5. The monoisotopic (exact) mass is 646 g/mol. The molecule has 4 saturated heterocycles. The number of aromatic nitrogens is 2. The molecule has 9 heteroatoms. The second kappa shape index (κ2) is 11.6. The summed E-state index contributed by atoms with van der Waals surface area (Å²) in [6.07, 6.45) is 14.2. The highest BCUT2D eigenvalue weighted by Gasteiger charge is 2.47. The van der Waals surface area contributed by atoms with Crippen LogP contribution in [0.15, 0.2) is 42.5 Å². The van der Waals surface area contributed by atoms with Gasteiger partial charge in [0, 0.05) is 65.6 Å². The average Bonchev–Trinajstić information content (AvgIpc) is 3.57. The maximum Gasteiger partial charge on any atom is 0.319 e. The van der Waals surface area contributed by atoms with Gasteiger partial charge in [-0.05, 0) is 105 Å². The number of halogens is 1. The highest BCUT2D eigenvalue weighted by molar-refractivity contribution is 6.04. The molecule has 5 heterocycles. The quantitative estimate of drug-likeness (QED) is 0.229. The summed E-state index contributed by atoms with van der Waals surface area (Å²) in [5.41, 5.74) is 2.33. The van der Waals surface area contributed by atoms with E-state index < -0.39 is 5.82 Å². The highest BCUT2D eigenvalue weighted by atomic mass is 19.1. The third-order valence-electron chi connectivity index (χ3n) is 12.0. The molecule has 0 radical (unpaired) electrons. The molecule has 5 aliphatic rings. The van der Waals surface area contributed by atoms with Crippen LogP contribution in [-0.4, -0.2) is 84.5 Å². The number of nitrogens with one attached hydrogen (secondary N) is 2. The van der Waals surface area contributed by atoms with E-state index in [9.17, 15) is 5.11 Å². The number of benzene rings is 3. The van der Waals surface area contributed by atoms with Gasteiger partial charge in [0.15, 0.2) is 5.82 Å². The first kappa shape index (κ1) is 30.1. The van der Waals surface area contributed by atoms with Gasteiger partial charge >= 0.3 is 6.01 Å². The van der Waals surface area contributed by atoms with E-state index in [1.165, 1.54) is 19.3 Å². The van der Waals surface area contributed by atoms with Gasteiger partial charge in [0.1, 0.15) is 17.1 Å². The number of phenolic OH excluding ortho intramolecular Hbond substituents is 1. The Morgan fingerprint density at radius 1 is 1.00 bits per heavy atom. The van der Waals surface area contributed by atoms with Crippen LogP contribution in [0.4, 0.5) is 10.2 Å². The average molecular weight is 647 g/mol. The SMILES string of the molecule is C#Cc1cccc2cc(O)cc(-c3ccc4c(N5CC6CCC(C5)N6)nc(OCC5(CN6CCC7(CCNC7)CC6)CC5)nc4c3F)c12. The Labute approximate surface area is 281 Å². The molecule has 0 amide bonds. The Balaban J connectivity index is 1.06. The van der Waals surface area contributed by atoms with E-state index in [2.05, 4.69) is 26.4 Å². The number of ether oxygens (including phenoxy) is 1. The Bertz CT molecular complexity index is 1930. The van der Waals surface area contributed by atoms with Gasteiger partial charge < -0.3 is 30.3 Å². The van der Waals surface area contributed by atoms with Gasteiger partial charge in [-0.25, -0.2) is 4.39 Å². The molecule has 2 unspecified atom stereocenters. The molecule has 48 heavy (non-hydrogen) atoms. The number of likely N-dealkylation sites (tertiary alicyclic amines) is 1. The summed E-state index contributed by atoms with van der Waals surface area (Å²) in [4.78, 5) is 14.7. The normalized spacial score (nSPS) is 24.4. The zero-order valence-electron chi connectivity index (χ0n) is 27.4. The molecule has 2 bridgehead atoms. The number of hydrogen-bond acceptors (Lipinski definition) is 8. The topological polar surface area (TPSA) is 85.8 Å². The van der Waals surface area contributed by atoms with Crippen molar-refractivity contribution in [3.8, 4) is 35.2 Å². The van der Waals surface area contributed by atoms with E-state index in [1.807, 2.05) is 24.3 Å². The van der Waals surface area contributed by atoms with Crippen molar-refractivity contribution in [1.82, 2.24) is 25.5 Å². The minimum atomic E-state index is -0.470. The van der Waals surface area contributed by atoms with Crippen LogP contribution in [0.1, 0.15) is 50.5 Å². The van der Waals surface area contributed by atoms with Crippen LogP contribution in [0, 0.1) is 29.0 Å². The molecule has 1 aromatic heterocycles. The summed E-state index contributed by atoms with van der Waals surface area (Å²) < 4.78 is 23.4. The van der Waals surface area contributed by atoms with E-state index in [-0.39, 0.29) is 22.7 Å². The Hall–Kier alpha value is -3.97. The predicted octanol–water partition coefficient (Wildman–Crippen LogP) is 5.45. The maximum atomic E-state index is 16.9. The molecule has 8 nitrogen and oxygen atoms in total. The van der Waals surface area contributed by atoms with Crippen molar-refractivity contribution in [3.63, 3.8) is 0 Å². The number of hydrogen-bond donors (Lipinski definition) is 3. The third-order valence-corrected chi connectivity index (χ3v) is 12.0. The number of piperidine rings is 1. The Morgan fingerprint density at radius 3 is 2.54 bits per heavy atom. The van der Waals surface area contributed by atoms with Crippen molar-refractivity contribution < 1.29 is 14.2 Å².